The van der Waals surface area contributed by atoms with Crippen molar-refractivity contribution in [2.45, 2.75) is 63.6 Å². The Bertz CT molecular complexity index is 137. The molecule has 0 rings (SSSR count). The van der Waals surface area contributed by atoms with Gasteiger partial charge in [-0.15, -0.1) is 0 Å². The average Bonchev–Trinajstić information content (AvgIpc) is 2.15. The predicted molar refractivity (Wildman–Crippen MR) is 62.6 cm³/mol. The van der Waals surface area contributed by atoms with Gasteiger partial charge in [-0.3, -0.25) is 4.79 Å². The largest absolute Gasteiger partial charge is 0.496 e. The molecule has 0 bridgehead atoms. The van der Waals surface area contributed by atoms with Crippen molar-refractivity contribution in [2.24, 2.45) is 0 Å². The Kier molecular flexibility index (Phi) is 11.1. The van der Waals surface area contributed by atoms with E-state index in [-0.39, 0.29) is 0 Å². The normalized spacial score (nSPS) is 10.1. The molecule has 0 fully saturated rings. The van der Waals surface area contributed by atoms with Crippen LogP contribution in [0.2, 0.25) is 5.28 Å². The van der Waals surface area contributed by atoms with Gasteiger partial charge in [-0.05, 0) is 0 Å². The van der Waals surface area contributed by atoms with Gasteiger partial charge >= 0.3 is 15.2 Å². The molecule has 0 aromatic heterocycles. The average molecular weight is 214 g/mol. The lowest BCUT2D eigenvalue weighted by molar-refractivity contribution is 0.219. The highest BCUT2D eigenvalue weighted by Crippen LogP contribution is 2.09. The zero-order valence-corrected chi connectivity index (χ0v) is 10.8. The van der Waals surface area contributed by atoms with Crippen molar-refractivity contribution in [3.63, 3.8) is 0 Å². The van der Waals surface area contributed by atoms with Crippen molar-refractivity contribution in [1.29, 1.82) is 0 Å². The zero-order chi connectivity index (χ0) is 10.6. The van der Waals surface area contributed by atoms with Gasteiger partial charge in [0.25, 0.3) is 0 Å². The van der Waals surface area contributed by atoms with Gasteiger partial charge in [0, 0.05) is 0 Å². The van der Waals surface area contributed by atoms with E-state index < -0.39 is 20.1 Å². The summed E-state index contributed by atoms with van der Waals surface area (Å²) in [5.41, 5.74) is 0. The van der Waals surface area contributed by atoms with Crippen molar-refractivity contribution < 1.29 is 9.90 Å². The van der Waals surface area contributed by atoms with Gasteiger partial charge in [0.1, 0.15) is 0 Å². The number of carbonyl (C=O) groups is 1. The van der Waals surface area contributed by atoms with Crippen LogP contribution in [-0.4, -0.2) is 25.2 Å². The molecule has 0 aromatic carbocycles. The minimum Gasteiger partial charge on any atom is -0.496 e. The summed E-state index contributed by atoms with van der Waals surface area (Å²) in [6.45, 7) is 2.23. The maximum absolute atomic E-state index is 10.3. The Balaban J connectivity index is 2.88. The molecule has 0 aliphatic heterocycles. The highest BCUT2D eigenvalue weighted by atomic mass is 27.1. The molecule has 0 saturated heterocycles. The van der Waals surface area contributed by atoms with Crippen LogP contribution < -0.4 is 0 Å². The minimum absolute atomic E-state index is 0.520. The fourth-order valence-corrected chi connectivity index (χ4v) is 2.49. The summed E-state index contributed by atoms with van der Waals surface area (Å²) in [4.78, 5) is 9.75. The van der Waals surface area contributed by atoms with Crippen LogP contribution in [0.25, 0.3) is 0 Å². The molecule has 0 atom stereocenters. The van der Waals surface area contributed by atoms with Gasteiger partial charge in [-0.2, -0.15) is 0 Å². The lowest BCUT2D eigenvalue weighted by Gasteiger charge is -1.99. The summed E-state index contributed by atoms with van der Waals surface area (Å²) >= 11 is -0.785. The smallest absolute Gasteiger partial charge is 0.411 e. The second-order valence-electron chi connectivity index (χ2n) is 3.97. The lowest BCUT2D eigenvalue weighted by Crippen LogP contribution is -2.03. The molecular weight excluding hydrogens is 191 g/mol. The van der Waals surface area contributed by atoms with Gasteiger partial charge in [-0.1, -0.05) is 63.6 Å². The highest BCUT2D eigenvalue weighted by molar-refractivity contribution is 6.71. The zero-order valence-electron chi connectivity index (χ0n) is 9.43. The third kappa shape index (κ3) is 12.0. The Morgan fingerprint density at radius 3 is 2.00 bits per heavy atom. The van der Waals surface area contributed by atoms with Crippen LogP contribution >= 0.6 is 0 Å². The Morgan fingerprint density at radius 1 is 1.00 bits per heavy atom. The number of carboxylic acid groups (broad SMARTS) is 1. The van der Waals surface area contributed by atoms with Crippen LogP contribution in [0.4, 0.5) is 4.79 Å². The molecule has 82 valence electrons. The molecule has 1 N–H and O–H groups in total. The van der Waals surface area contributed by atoms with E-state index in [1.165, 1.54) is 44.9 Å². The van der Waals surface area contributed by atoms with Gasteiger partial charge < -0.3 is 5.11 Å². The fraction of sp³-hybridized carbons (Fsp3) is 0.909. The summed E-state index contributed by atoms with van der Waals surface area (Å²) < 4.78 is 0. The van der Waals surface area contributed by atoms with Crippen LogP contribution in [0.5, 0.6) is 0 Å². The molecule has 0 aliphatic carbocycles. The maximum atomic E-state index is 10.3. The molecule has 0 radical (unpaired) electrons. The van der Waals surface area contributed by atoms with Crippen molar-refractivity contribution in [3.8, 4) is 0 Å². The first-order valence-electron chi connectivity index (χ1n) is 5.99. The van der Waals surface area contributed by atoms with Crippen molar-refractivity contribution in [3.05, 3.63) is 0 Å². The van der Waals surface area contributed by atoms with E-state index in [2.05, 4.69) is 6.92 Å². The van der Waals surface area contributed by atoms with E-state index in [0.29, 0.717) is 0 Å². The number of hydrogen-bond acceptors (Lipinski definition) is 1. The molecule has 0 aliphatic rings. The molecule has 0 heterocycles. The standard InChI is InChI=1S/C10H21.CHO2.Al.H/c1-3-5-7-9-10-8-6-4-2;2-1-3;;/h1,3-10H2,2H3;(H,2,3);;. The van der Waals surface area contributed by atoms with Gasteiger partial charge in [0.15, 0.2) is 4.83 Å². The van der Waals surface area contributed by atoms with E-state index in [1.54, 1.807) is 0 Å². The summed E-state index contributed by atoms with van der Waals surface area (Å²) in [5, 5.41) is 9.47. The van der Waals surface area contributed by atoms with E-state index in [9.17, 15) is 4.79 Å². The first-order valence-corrected chi connectivity index (χ1v) is 7.70. The van der Waals surface area contributed by atoms with Gasteiger partial charge in [-0.25, -0.2) is 0 Å². The Hall–Kier alpha value is 0.00247. The second-order valence-corrected chi connectivity index (χ2v) is 5.78. The van der Waals surface area contributed by atoms with Crippen LogP contribution in [0.1, 0.15) is 58.3 Å². The third-order valence-electron chi connectivity index (χ3n) is 2.49. The Morgan fingerprint density at radius 2 is 1.50 bits per heavy atom. The summed E-state index contributed by atoms with van der Waals surface area (Å²) in [6, 6.07) is 0. The first kappa shape index (κ1) is 14.0. The summed E-state index contributed by atoms with van der Waals surface area (Å²) in [5.74, 6) is 0. The van der Waals surface area contributed by atoms with E-state index in [0.717, 1.165) is 11.7 Å². The van der Waals surface area contributed by atoms with Crippen molar-refractivity contribution in [2.75, 3.05) is 0 Å². The molecule has 2 nitrogen and oxygen atoms in total. The topological polar surface area (TPSA) is 37.3 Å². The number of unbranched alkanes of at least 4 members (excludes halogenated alkanes) is 7. The fourth-order valence-electron chi connectivity index (χ4n) is 1.59. The summed E-state index contributed by atoms with van der Waals surface area (Å²) in [6.07, 6.45) is 10.5. The second kappa shape index (κ2) is 11.1. The molecule has 0 unspecified atom stereocenters. The maximum Gasteiger partial charge on any atom is 0.411 e. The number of rotatable bonds is 10. The molecule has 0 saturated carbocycles. The van der Waals surface area contributed by atoms with E-state index in [4.69, 9.17) is 5.11 Å². The minimum atomic E-state index is -0.785. The van der Waals surface area contributed by atoms with Crippen LogP contribution in [0.15, 0.2) is 0 Å². The third-order valence-corrected chi connectivity index (χ3v) is 3.78. The predicted octanol–water partition coefficient (Wildman–Crippen LogP) is 3.66. The van der Waals surface area contributed by atoms with Crippen molar-refractivity contribution in [1.82, 2.24) is 0 Å². The lowest BCUT2D eigenvalue weighted by atomic mass is 10.1. The first-order chi connectivity index (χ1) is 6.77. The Labute approximate surface area is 93.8 Å². The monoisotopic (exact) mass is 214 g/mol. The molecular formula is C11H23AlO2. The quantitative estimate of drug-likeness (QED) is 0.445. The van der Waals surface area contributed by atoms with Crippen LogP contribution in [0.3, 0.4) is 0 Å². The van der Waals surface area contributed by atoms with Crippen molar-refractivity contribution >= 4 is 20.1 Å². The molecule has 14 heavy (non-hydrogen) atoms. The summed E-state index contributed by atoms with van der Waals surface area (Å²) in [7, 11) is 0. The van der Waals surface area contributed by atoms with Gasteiger partial charge in [0.2, 0.25) is 0 Å². The molecule has 3 heteroatoms. The van der Waals surface area contributed by atoms with Gasteiger partial charge in [0.05, 0.1) is 0 Å². The molecule has 0 amide bonds. The molecule has 0 aromatic rings. The van der Waals surface area contributed by atoms with Crippen LogP contribution in [-0.2, 0) is 0 Å². The number of hydrogen-bond donors (Lipinski definition) is 1. The van der Waals surface area contributed by atoms with E-state index >= 15 is 0 Å². The highest BCUT2D eigenvalue weighted by Gasteiger charge is 2.01. The molecule has 0 spiro atoms. The SMILES string of the molecule is CCCCCCCCC[CH2][AlH][C](=O)O. The van der Waals surface area contributed by atoms with Crippen LogP contribution in [0, 0.1) is 0 Å². The van der Waals surface area contributed by atoms with E-state index in [1.807, 2.05) is 0 Å².